The van der Waals surface area contributed by atoms with Crippen molar-refractivity contribution in [3.05, 3.63) is 100 Å². The summed E-state index contributed by atoms with van der Waals surface area (Å²) in [6, 6.07) is 23.2. The summed E-state index contributed by atoms with van der Waals surface area (Å²) in [7, 11) is 7.21. The lowest BCUT2D eigenvalue weighted by Crippen LogP contribution is -2.27. The summed E-state index contributed by atoms with van der Waals surface area (Å²) >= 11 is 0. The van der Waals surface area contributed by atoms with Gasteiger partial charge in [0.15, 0.2) is 5.84 Å². The number of para-hydroxylation sites is 4. The Balaban J connectivity index is 1.45. The van der Waals surface area contributed by atoms with E-state index in [1.54, 1.807) is 35.4 Å². The standard InChI is InChI=1S/C30H34N8O3/c1-34(2)17-18-36-24-10-6-5-9-23(24)32-27(36)20-38-26-12-8-7-11-25(26)37(29(38)39)19-21-13-15-22(16-14-21)28(31)33-41-30(40)35(3)4/h5-16H,17-20H2,1-4H3,(H2,31,33). The van der Waals surface area contributed by atoms with Gasteiger partial charge >= 0.3 is 11.8 Å². The Kier molecular flexibility index (Phi) is 7.88. The Labute approximate surface area is 237 Å². The number of nitrogens with zero attached hydrogens (tertiary/aromatic N) is 7. The van der Waals surface area contributed by atoms with Crippen LogP contribution in [0.5, 0.6) is 0 Å². The van der Waals surface area contributed by atoms with E-state index < -0.39 is 6.09 Å². The molecule has 0 aliphatic carbocycles. The van der Waals surface area contributed by atoms with Gasteiger partial charge in [-0.05, 0) is 43.9 Å². The summed E-state index contributed by atoms with van der Waals surface area (Å²) < 4.78 is 5.77. The molecular weight excluding hydrogens is 520 g/mol. The maximum Gasteiger partial charge on any atom is 0.435 e. The minimum absolute atomic E-state index is 0.0812. The highest BCUT2D eigenvalue weighted by Gasteiger charge is 2.18. The second kappa shape index (κ2) is 11.7. The molecule has 0 spiro atoms. The second-order valence-corrected chi connectivity index (χ2v) is 10.3. The number of carbonyl (C=O) groups is 1. The van der Waals surface area contributed by atoms with Crippen LogP contribution in [-0.4, -0.2) is 75.1 Å². The molecule has 11 nitrogen and oxygen atoms in total. The van der Waals surface area contributed by atoms with E-state index in [0.717, 1.165) is 46.5 Å². The van der Waals surface area contributed by atoms with Crippen LogP contribution in [0, 0.1) is 0 Å². The fourth-order valence-corrected chi connectivity index (χ4v) is 4.70. The summed E-state index contributed by atoms with van der Waals surface area (Å²) in [5.41, 5.74) is 11.0. The molecule has 2 heterocycles. The molecule has 41 heavy (non-hydrogen) atoms. The third kappa shape index (κ3) is 5.85. The van der Waals surface area contributed by atoms with E-state index in [9.17, 15) is 9.59 Å². The van der Waals surface area contributed by atoms with E-state index in [1.807, 2.05) is 68.7 Å². The molecular formula is C30H34N8O3. The van der Waals surface area contributed by atoms with Crippen molar-refractivity contribution >= 4 is 34.0 Å². The fraction of sp³-hybridized carbons (Fsp3) is 0.267. The Hall–Kier alpha value is -4.90. The third-order valence-electron chi connectivity index (χ3n) is 6.91. The Morgan fingerprint density at radius 3 is 2.10 bits per heavy atom. The highest BCUT2D eigenvalue weighted by Crippen LogP contribution is 2.20. The number of aromatic nitrogens is 4. The minimum Gasteiger partial charge on any atom is -0.380 e. The van der Waals surface area contributed by atoms with Crippen molar-refractivity contribution < 1.29 is 9.63 Å². The minimum atomic E-state index is -0.617. The molecule has 0 atom stereocenters. The van der Waals surface area contributed by atoms with Gasteiger partial charge in [-0.25, -0.2) is 14.6 Å². The second-order valence-electron chi connectivity index (χ2n) is 10.3. The van der Waals surface area contributed by atoms with Crippen LogP contribution in [0.1, 0.15) is 17.0 Å². The summed E-state index contributed by atoms with van der Waals surface area (Å²) in [6.07, 6.45) is -0.617. The predicted molar refractivity (Wildman–Crippen MR) is 160 cm³/mol. The molecule has 0 fully saturated rings. The lowest BCUT2D eigenvalue weighted by atomic mass is 10.1. The molecule has 0 saturated heterocycles. The molecule has 5 aromatic rings. The highest BCUT2D eigenvalue weighted by atomic mass is 16.7. The molecule has 2 N–H and O–H groups in total. The average molecular weight is 555 g/mol. The van der Waals surface area contributed by atoms with E-state index in [2.05, 4.69) is 20.7 Å². The largest absolute Gasteiger partial charge is 0.435 e. The van der Waals surface area contributed by atoms with E-state index >= 15 is 0 Å². The predicted octanol–water partition coefficient (Wildman–Crippen LogP) is 3.13. The molecule has 2 aromatic heterocycles. The molecule has 11 heteroatoms. The normalized spacial score (nSPS) is 12.0. The van der Waals surface area contributed by atoms with Crippen LogP contribution in [-0.2, 0) is 24.5 Å². The fourth-order valence-electron chi connectivity index (χ4n) is 4.70. The van der Waals surface area contributed by atoms with Crippen molar-refractivity contribution in [1.82, 2.24) is 28.5 Å². The zero-order chi connectivity index (χ0) is 29.1. The van der Waals surface area contributed by atoms with E-state index in [0.29, 0.717) is 18.7 Å². The number of amidine groups is 1. The zero-order valence-electron chi connectivity index (χ0n) is 23.7. The van der Waals surface area contributed by atoms with Crippen LogP contribution in [0.2, 0.25) is 0 Å². The van der Waals surface area contributed by atoms with Gasteiger partial charge in [-0.15, -0.1) is 0 Å². The number of hydrogen-bond acceptors (Lipinski definition) is 6. The number of amides is 1. The lowest BCUT2D eigenvalue weighted by molar-refractivity contribution is 0.122. The van der Waals surface area contributed by atoms with Crippen molar-refractivity contribution in [2.45, 2.75) is 19.6 Å². The van der Waals surface area contributed by atoms with Crippen molar-refractivity contribution in [3.63, 3.8) is 0 Å². The van der Waals surface area contributed by atoms with Crippen LogP contribution in [0.4, 0.5) is 4.79 Å². The third-order valence-corrected chi connectivity index (χ3v) is 6.91. The molecule has 3 aromatic carbocycles. The molecule has 5 rings (SSSR count). The molecule has 0 saturated carbocycles. The van der Waals surface area contributed by atoms with Gasteiger partial charge in [0, 0.05) is 32.7 Å². The van der Waals surface area contributed by atoms with Crippen molar-refractivity contribution in [1.29, 1.82) is 0 Å². The molecule has 0 unspecified atom stereocenters. The van der Waals surface area contributed by atoms with Gasteiger partial charge in [0.05, 0.1) is 35.2 Å². The van der Waals surface area contributed by atoms with Gasteiger partial charge in [0.2, 0.25) is 0 Å². The monoisotopic (exact) mass is 554 g/mol. The van der Waals surface area contributed by atoms with Crippen LogP contribution >= 0.6 is 0 Å². The van der Waals surface area contributed by atoms with Gasteiger partial charge in [-0.1, -0.05) is 53.7 Å². The summed E-state index contributed by atoms with van der Waals surface area (Å²) in [5.74, 6) is 0.921. The number of benzene rings is 3. The molecule has 212 valence electrons. The smallest absolute Gasteiger partial charge is 0.380 e. The number of nitrogens with two attached hydrogens (primary N) is 1. The van der Waals surface area contributed by atoms with Gasteiger partial charge in [0.1, 0.15) is 5.82 Å². The Bertz CT molecular complexity index is 1780. The van der Waals surface area contributed by atoms with Crippen molar-refractivity contribution in [2.24, 2.45) is 10.9 Å². The van der Waals surface area contributed by atoms with Crippen LogP contribution < -0.4 is 11.4 Å². The first-order valence-corrected chi connectivity index (χ1v) is 13.3. The molecule has 0 bridgehead atoms. The Morgan fingerprint density at radius 2 is 1.46 bits per heavy atom. The SMILES string of the molecule is CN(C)CCn1c(Cn2c(=O)n(Cc3ccc(C(N)=NOC(=O)N(C)C)cc3)c3ccccc32)nc2ccccc21. The summed E-state index contributed by atoms with van der Waals surface area (Å²) in [5, 5.41) is 3.71. The molecule has 0 aliphatic heterocycles. The van der Waals surface area contributed by atoms with E-state index in [-0.39, 0.29) is 11.5 Å². The van der Waals surface area contributed by atoms with Crippen LogP contribution in [0.15, 0.2) is 82.7 Å². The molecule has 0 aliphatic rings. The number of rotatable bonds is 9. The molecule has 0 radical (unpaired) electrons. The maximum atomic E-state index is 13.9. The average Bonchev–Trinajstić information content (AvgIpc) is 3.45. The van der Waals surface area contributed by atoms with Gasteiger partial charge < -0.3 is 20.1 Å². The number of fused-ring (bicyclic) bond motifs is 2. The topological polar surface area (TPSA) is 116 Å². The zero-order valence-corrected chi connectivity index (χ0v) is 23.7. The summed E-state index contributed by atoms with van der Waals surface area (Å²) in [6.45, 7) is 2.35. The first-order valence-electron chi connectivity index (χ1n) is 13.3. The first-order chi connectivity index (χ1) is 19.7. The number of oxime groups is 1. The number of likely N-dealkylation sites (N-methyl/N-ethyl adjacent to an activating group) is 1. The van der Waals surface area contributed by atoms with E-state index in [4.69, 9.17) is 15.6 Å². The van der Waals surface area contributed by atoms with Crippen LogP contribution in [0.3, 0.4) is 0 Å². The first kappa shape index (κ1) is 27.7. The van der Waals surface area contributed by atoms with Gasteiger partial charge in [0.25, 0.3) is 0 Å². The number of imidazole rings is 2. The Morgan fingerprint density at radius 1 is 0.854 bits per heavy atom. The quantitative estimate of drug-likeness (QED) is 0.130. The molecule has 1 amide bonds. The van der Waals surface area contributed by atoms with E-state index in [1.165, 1.54) is 4.90 Å². The maximum absolute atomic E-state index is 13.9. The van der Waals surface area contributed by atoms with Crippen molar-refractivity contribution in [2.75, 3.05) is 34.7 Å². The van der Waals surface area contributed by atoms with Gasteiger partial charge in [-0.3, -0.25) is 14.0 Å². The van der Waals surface area contributed by atoms with Crippen LogP contribution in [0.25, 0.3) is 22.1 Å². The number of hydrogen-bond donors (Lipinski definition) is 1. The van der Waals surface area contributed by atoms with Gasteiger partial charge in [-0.2, -0.15) is 0 Å². The van der Waals surface area contributed by atoms with Crippen molar-refractivity contribution in [3.8, 4) is 0 Å². The lowest BCUT2D eigenvalue weighted by Gasteiger charge is -2.13. The highest BCUT2D eigenvalue weighted by molar-refractivity contribution is 5.97. The number of carbonyl (C=O) groups excluding carboxylic acids is 1. The summed E-state index contributed by atoms with van der Waals surface area (Å²) in [4.78, 5) is 38.6.